The molecule has 1 unspecified atom stereocenters. The standard InChI is InChI=1S/C18H24N6OS/c1-4-5-8-16(14-7-6-9-19-10-14)23(3)17(25)20-11-15-12-24-18(21-15)26-13(2)22-24/h6-7,9-10,12,16H,4-5,8,11H2,1-3H3,(H,20,25). The van der Waals surface area contributed by atoms with E-state index >= 15 is 0 Å². The lowest BCUT2D eigenvalue weighted by Crippen LogP contribution is -2.39. The van der Waals surface area contributed by atoms with Gasteiger partial charge < -0.3 is 10.2 Å². The fourth-order valence-corrected chi connectivity index (χ4v) is 3.66. The van der Waals surface area contributed by atoms with Crippen LogP contribution in [0.1, 0.15) is 48.5 Å². The third-order valence-electron chi connectivity index (χ3n) is 4.30. The number of rotatable bonds is 7. The summed E-state index contributed by atoms with van der Waals surface area (Å²) in [6, 6.07) is 3.83. The van der Waals surface area contributed by atoms with Crippen LogP contribution in [0.2, 0.25) is 0 Å². The first-order chi connectivity index (χ1) is 12.6. The van der Waals surface area contributed by atoms with Crippen LogP contribution < -0.4 is 5.32 Å². The van der Waals surface area contributed by atoms with Gasteiger partial charge in [-0.05, 0) is 25.0 Å². The molecule has 138 valence electrons. The Morgan fingerprint density at radius 1 is 1.46 bits per heavy atom. The third kappa shape index (κ3) is 4.19. The number of imidazole rings is 1. The van der Waals surface area contributed by atoms with E-state index in [1.165, 1.54) is 11.3 Å². The number of nitrogens with zero attached hydrogens (tertiary/aromatic N) is 5. The Hall–Kier alpha value is -2.48. The molecule has 0 fully saturated rings. The number of unbranched alkanes of at least 4 members (excludes halogenated alkanes) is 1. The Morgan fingerprint density at radius 3 is 3.00 bits per heavy atom. The molecule has 0 radical (unpaired) electrons. The van der Waals surface area contributed by atoms with Crippen molar-refractivity contribution in [2.75, 3.05) is 7.05 Å². The molecule has 7 nitrogen and oxygen atoms in total. The fourth-order valence-electron chi connectivity index (χ4n) is 2.92. The molecule has 8 heteroatoms. The average molecular weight is 372 g/mol. The highest BCUT2D eigenvalue weighted by Crippen LogP contribution is 2.24. The Bertz CT molecular complexity index is 828. The van der Waals surface area contributed by atoms with Gasteiger partial charge in [0.05, 0.1) is 24.5 Å². The summed E-state index contributed by atoms with van der Waals surface area (Å²) in [5, 5.41) is 8.27. The first-order valence-corrected chi connectivity index (χ1v) is 9.62. The van der Waals surface area contributed by atoms with Gasteiger partial charge in [0, 0.05) is 19.4 Å². The van der Waals surface area contributed by atoms with Crippen molar-refractivity contribution in [2.45, 2.75) is 45.7 Å². The first-order valence-electron chi connectivity index (χ1n) is 8.80. The normalized spacial score (nSPS) is 12.3. The second-order valence-corrected chi connectivity index (χ2v) is 7.45. The minimum atomic E-state index is -0.115. The fraction of sp³-hybridized carbons (Fsp3) is 0.444. The summed E-state index contributed by atoms with van der Waals surface area (Å²) in [5.74, 6) is 0. The molecule has 0 aliphatic carbocycles. The predicted molar refractivity (Wildman–Crippen MR) is 102 cm³/mol. The predicted octanol–water partition coefficient (Wildman–Crippen LogP) is 3.57. The second-order valence-electron chi connectivity index (χ2n) is 6.29. The van der Waals surface area contributed by atoms with Gasteiger partial charge in [0.1, 0.15) is 5.01 Å². The molecule has 3 aromatic heterocycles. The SMILES string of the molecule is CCCCC(c1cccnc1)N(C)C(=O)NCc1cn2nc(C)sc2n1. The Balaban J connectivity index is 1.64. The topological polar surface area (TPSA) is 75.4 Å². The van der Waals surface area contributed by atoms with Crippen LogP contribution in [0.5, 0.6) is 0 Å². The zero-order chi connectivity index (χ0) is 18.5. The van der Waals surface area contributed by atoms with Crippen molar-refractivity contribution in [2.24, 2.45) is 0 Å². The smallest absolute Gasteiger partial charge is 0.317 e. The number of hydrogen-bond acceptors (Lipinski definition) is 5. The number of nitrogens with one attached hydrogen (secondary N) is 1. The summed E-state index contributed by atoms with van der Waals surface area (Å²) >= 11 is 1.54. The molecule has 0 aliphatic rings. The molecule has 3 rings (SSSR count). The molecule has 0 saturated heterocycles. The van der Waals surface area contributed by atoms with Crippen LogP contribution in [0.3, 0.4) is 0 Å². The van der Waals surface area contributed by atoms with E-state index < -0.39 is 0 Å². The van der Waals surface area contributed by atoms with Crippen LogP contribution in [0.15, 0.2) is 30.7 Å². The summed E-state index contributed by atoms with van der Waals surface area (Å²) in [7, 11) is 1.83. The van der Waals surface area contributed by atoms with Crippen molar-refractivity contribution < 1.29 is 4.79 Å². The number of aromatic nitrogens is 4. The van der Waals surface area contributed by atoms with Crippen LogP contribution in [0.4, 0.5) is 4.79 Å². The van der Waals surface area contributed by atoms with Crippen LogP contribution >= 0.6 is 11.3 Å². The number of hydrogen-bond donors (Lipinski definition) is 1. The molecular formula is C18H24N6OS. The Kier molecular flexibility index (Phi) is 5.82. The van der Waals surface area contributed by atoms with E-state index in [-0.39, 0.29) is 12.1 Å². The number of pyridine rings is 1. The van der Waals surface area contributed by atoms with Gasteiger partial charge in [-0.25, -0.2) is 14.3 Å². The molecule has 0 bridgehead atoms. The number of aryl methyl sites for hydroxylation is 1. The first kappa shape index (κ1) is 18.3. The van der Waals surface area contributed by atoms with E-state index in [2.05, 4.69) is 27.3 Å². The molecular weight excluding hydrogens is 348 g/mol. The summed E-state index contributed by atoms with van der Waals surface area (Å²) in [6.45, 7) is 4.48. The molecule has 0 saturated carbocycles. The average Bonchev–Trinajstić information content (AvgIpc) is 3.17. The van der Waals surface area contributed by atoms with E-state index in [4.69, 9.17) is 0 Å². The van der Waals surface area contributed by atoms with Gasteiger partial charge in [-0.1, -0.05) is 37.2 Å². The Morgan fingerprint density at radius 2 is 2.31 bits per heavy atom. The number of fused-ring (bicyclic) bond motifs is 1. The molecule has 1 atom stereocenters. The molecule has 0 spiro atoms. The maximum atomic E-state index is 12.6. The minimum absolute atomic E-state index is 0.0125. The van der Waals surface area contributed by atoms with Crippen molar-refractivity contribution in [3.8, 4) is 0 Å². The molecule has 0 aromatic carbocycles. The summed E-state index contributed by atoms with van der Waals surface area (Å²) < 4.78 is 1.75. The molecule has 2 amide bonds. The monoisotopic (exact) mass is 372 g/mol. The van der Waals surface area contributed by atoms with Crippen LogP contribution in [0, 0.1) is 6.92 Å². The van der Waals surface area contributed by atoms with Crippen molar-refractivity contribution in [1.29, 1.82) is 0 Å². The van der Waals surface area contributed by atoms with E-state index in [1.54, 1.807) is 15.6 Å². The van der Waals surface area contributed by atoms with Gasteiger partial charge in [0.2, 0.25) is 4.96 Å². The maximum absolute atomic E-state index is 12.6. The largest absolute Gasteiger partial charge is 0.332 e. The molecule has 3 heterocycles. The second kappa shape index (κ2) is 8.27. The highest BCUT2D eigenvalue weighted by atomic mass is 32.1. The van der Waals surface area contributed by atoms with Crippen LogP contribution in [-0.2, 0) is 6.54 Å². The lowest BCUT2D eigenvalue weighted by atomic mass is 10.0. The molecule has 0 aliphatic heterocycles. The van der Waals surface area contributed by atoms with Gasteiger partial charge in [0.15, 0.2) is 0 Å². The highest BCUT2D eigenvalue weighted by molar-refractivity contribution is 7.16. The molecule has 1 N–H and O–H groups in total. The van der Waals surface area contributed by atoms with Gasteiger partial charge in [-0.2, -0.15) is 5.10 Å². The lowest BCUT2D eigenvalue weighted by Gasteiger charge is -2.28. The van der Waals surface area contributed by atoms with Crippen molar-refractivity contribution >= 4 is 22.3 Å². The summed E-state index contributed by atoms with van der Waals surface area (Å²) in [4.78, 5) is 23.9. The van der Waals surface area contributed by atoms with Gasteiger partial charge in [-0.15, -0.1) is 0 Å². The minimum Gasteiger partial charge on any atom is -0.332 e. The zero-order valence-electron chi connectivity index (χ0n) is 15.3. The number of carbonyl (C=O) groups is 1. The van der Waals surface area contributed by atoms with E-state index in [9.17, 15) is 4.79 Å². The Labute approximate surface area is 157 Å². The molecule has 26 heavy (non-hydrogen) atoms. The summed E-state index contributed by atoms with van der Waals surface area (Å²) in [5.41, 5.74) is 1.86. The number of urea groups is 1. The van der Waals surface area contributed by atoms with Crippen molar-refractivity contribution in [1.82, 2.24) is 29.8 Å². The van der Waals surface area contributed by atoms with Crippen molar-refractivity contribution in [3.63, 3.8) is 0 Å². The zero-order valence-corrected chi connectivity index (χ0v) is 16.2. The van der Waals surface area contributed by atoms with E-state index in [0.29, 0.717) is 6.54 Å². The highest BCUT2D eigenvalue weighted by Gasteiger charge is 2.21. The van der Waals surface area contributed by atoms with Crippen LogP contribution in [-0.4, -0.2) is 37.6 Å². The summed E-state index contributed by atoms with van der Waals surface area (Å²) in [6.07, 6.45) is 8.50. The van der Waals surface area contributed by atoms with Gasteiger partial charge in [0.25, 0.3) is 0 Å². The van der Waals surface area contributed by atoms with Crippen molar-refractivity contribution in [3.05, 3.63) is 47.0 Å². The quantitative estimate of drug-likeness (QED) is 0.688. The van der Waals surface area contributed by atoms with E-state index in [0.717, 1.165) is 40.5 Å². The molecule has 3 aromatic rings. The third-order valence-corrected chi connectivity index (χ3v) is 5.14. The van der Waals surface area contributed by atoms with Crippen LogP contribution in [0.25, 0.3) is 4.96 Å². The lowest BCUT2D eigenvalue weighted by molar-refractivity contribution is 0.185. The maximum Gasteiger partial charge on any atom is 0.317 e. The van der Waals surface area contributed by atoms with E-state index in [1.807, 2.05) is 38.5 Å². The van der Waals surface area contributed by atoms with Gasteiger partial charge >= 0.3 is 6.03 Å². The number of carbonyl (C=O) groups excluding carboxylic acids is 1. The van der Waals surface area contributed by atoms with Gasteiger partial charge in [-0.3, -0.25) is 4.98 Å². The number of amides is 2.